The molecule has 1 aromatic heterocycles. The highest BCUT2D eigenvalue weighted by Gasteiger charge is 2.31. The average molecular weight is 482 g/mol. The van der Waals surface area contributed by atoms with Crippen molar-refractivity contribution >= 4 is 11.9 Å². The first-order valence-electron chi connectivity index (χ1n) is 11.2. The summed E-state index contributed by atoms with van der Waals surface area (Å²) in [5.41, 5.74) is 1.53. The molecule has 1 aliphatic rings. The molecule has 3 rings (SSSR count). The van der Waals surface area contributed by atoms with Gasteiger partial charge in [0.05, 0.1) is 36.5 Å². The van der Waals surface area contributed by atoms with Crippen molar-refractivity contribution in [2.24, 2.45) is 0 Å². The Morgan fingerprint density at radius 1 is 1.15 bits per heavy atom. The molecular formula is C24H30F3N3O4. The van der Waals surface area contributed by atoms with Crippen molar-refractivity contribution in [1.82, 2.24) is 15.2 Å². The van der Waals surface area contributed by atoms with E-state index in [1.54, 1.807) is 27.7 Å². The maximum atomic E-state index is 13.0. The summed E-state index contributed by atoms with van der Waals surface area (Å²) in [6.07, 6.45) is -4.71. The van der Waals surface area contributed by atoms with Crippen LogP contribution < -0.4 is 5.32 Å². The highest BCUT2D eigenvalue weighted by Crippen LogP contribution is 2.31. The normalized spacial score (nSPS) is 15.9. The Bertz CT molecular complexity index is 1010. The molecule has 0 aliphatic carbocycles. The number of hydrogen-bond acceptors (Lipinski definition) is 5. The number of H-pyrrole nitrogens is 1. The predicted octanol–water partition coefficient (Wildman–Crippen LogP) is 4.02. The molecule has 1 amide bonds. The number of esters is 1. The fourth-order valence-corrected chi connectivity index (χ4v) is 4.08. The number of hydrogen-bond donors (Lipinski definition) is 2. The molecule has 0 bridgehead atoms. The summed E-state index contributed by atoms with van der Waals surface area (Å²) in [5, 5.41) is 2.87. The Morgan fingerprint density at radius 2 is 1.76 bits per heavy atom. The summed E-state index contributed by atoms with van der Waals surface area (Å²) in [4.78, 5) is 30.4. The molecule has 2 N–H and O–H groups in total. The first kappa shape index (κ1) is 25.8. The lowest BCUT2D eigenvalue weighted by molar-refractivity contribution is -0.137. The highest BCUT2D eigenvalue weighted by molar-refractivity contribution is 6.00. The van der Waals surface area contributed by atoms with Crippen molar-refractivity contribution in [3.8, 4) is 0 Å². The van der Waals surface area contributed by atoms with E-state index in [4.69, 9.17) is 9.47 Å². The lowest BCUT2D eigenvalue weighted by Crippen LogP contribution is -2.44. The van der Waals surface area contributed by atoms with E-state index in [-0.39, 0.29) is 24.4 Å². The number of benzene rings is 1. The molecule has 34 heavy (non-hydrogen) atoms. The number of nitrogens with zero attached hydrogens (tertiary/aromatic N) is 1. The van der Waals surface area contributed by atoms with E-state index < -0.39 is 23.6 Å². The van der Waals surface area contributed by atoms with Crippen LogP contribution in [-0.2, 0) is 15.7 Å². The Kier molecular flexibility index (Phi) is 8.04. The number of aromatic amines is 1. The third kappa shape index (κ3) is 5.98. The Morgan fingerprint density at radius 3 is 2.32 bits per heavy atom. The van der Waals surface area contributed by atoms with Crippen LogP contribution in [0.2, 0.25) is 0 Å². The fourth-order valence-electron chi connectivity index (χ4n) is 4.08. The van der Waals surface area contributed by atoms with Gasteiger partial charge < -0.3 is 19.8 Å². The number of ether oxygens (including phenoxy) is 2. The zero-order valence-electron chi connectivity index (χ0n) is 19.7. The van der Waals surface area contributed by atoms with Crippen molar-refractivity contribution in [2.75, 3.05) is 32.8 Å². The standard InChI is InChI=1S/C24H30F3N3O4/c1-14(2)34-23(32)20-15(3)21(29-16(20)4)22(31)28-13-19(30-9-11-33-12-10-30)17-5-7-18(8-6-17)24(25,26)27/h5-8,14,19,29H,9-13H2,1-4H3,(H,28,31). The average Bonchev–Trinajstić information content (AvgIpc) is 3.08. The summed E-state index contributed by atoms with van der Waals surface area (Å²) in [6, 6.07) is 4.65. The quantitative estimate of drug-likeness (QED) is 0.584. The first-order valence-corrected chi connectivity index (χ1v) is 11.2. The number of aromatic nitrogens is 1. The number of carbonyl (C=O) groups excluding carboxylic acids is 2. The lowest BCUT2D eigenvalue weighted by Gasteiger charge is -2.35. The Labute approximate surface area is 196 Å². The van der Waals surface area contributed by atoms with E-state index in [0.717, 1.165) is 12.1 Å². The van der Waals surface area contributed by atoms with Crippen LogP contribution in [0.1, 0.15) is 63.1 Å². The van der Waals surface area contributed by atoms with E-state index in [9.17, 15) is 22.8 Å². The summed E-state index contributed by atoms with van der Waals surface area (Å²) in [7, 11) is 0. The number of aryl methyl sites for hydroxylation is 1. The van der Waals surface area contributed by atoms with E-state index in [0.29, 0.717) is 48.7 Å². The van der Waals surface area contributed by atoms with Gasteiger partial charge in [0.15, 0.2) is 0 Å². The molecule has 1 atom stereocenters. The van der Waals surface area contributed by atoms with Crippen LogP contribution in [0.4, 0.5) is 13.2 Å². The van der Waals surface area contributed by atoms with Gasteiger partial charge in [-0.2, -0.15) is 13.2 Å². The van der Waals surface area contributed by atoms with Crippen molar-refractivity contribution in [3.63, 3.8) is 0 Å². The minimum absolute atomic E-state index is 0.174. The van der Waals surface area contributed by atoms with E-state index >= 15 is 0 Å². The van der Waals surface area contributed by atoms with Crippen LogP contribution in [0.25, 0.3) is 0 Å². The van der Waals surface area contributed by atoms with Crippen molar-refractivity contribution in [3.05, 3.63) is 57.9 Å². The minimum atomic E-state index is -4.42. The second kappa shape index (κ2) is 10.6. The van der Waals surface area contributed by atoms with Crippen LogP contribution in [0.3, 0.4) is 0 Å². The van der Waals surface area contributed by atoms with Crippen LogP contribution in [0.15, 0.2) is 24.3 Å². The van der Waals surface area contributed by atoms with Crippen LogP contribution in [0.5, 0.6) is 0 Å². The largest absolute Gasteiger partial charge is 0.459 e. The molecule has 1 unspecified atom stereocenters. The van der Waals surface area contributed by atoms with Crippen molar-refractivity contribution < 1.29 is 32.2 Å². The van der Waals surface area contributed by atoms with Gasteiger partial charge in [0.1, 0.15) is 5.69 Å². The molecular weight excluding hydrogens is 451 g/mol. The number of halogens is 3. The predicted molar refractivity (Wildman–Crippen MR) is 120 cm³/mol. The second-order valence-corrected chi connectivity index (χ2v) is 8.57. The molecule has 1 fully saturated rings. The van der Waals surface area contributed by atoms with Gasteiger partial charge in [-0.1, -0.05) is 12.1 Å². The van der Waals surface area contributed by atoms with Gasteiger partial charge in [-0.15, -0.1) is 0 Å². The lowest BCUT2D eigenvalue weighted by atomic mass is 10.0. The maximum absolute atomic E-state index is 13.0. The molecule has 1 aliphatic heterocycles. The smallest absolute Gasteiger partial charge is 0.416 e. The third-order valence-electron chi connectivity index (χ3n) is 5.78. The van der Waals surface area contributed by atoms with Gasteiger partial charge >= 0.3 is 12.1 Å². The van der Waals surface area contributed by atoms with E-state index in [1.165, 1.54) is 12.1 Å². The molecule has 186 valence electrons. The number of carbonyl (C=O) groups is 2. The van der Waals surface area contributed by atoms with Gasteiger partial charge in [0.2, 0.25) is 0 Å². The van der Waals surface area contributed by atoms with Crippen LogP contribution in [-0.4, -0.2) is 60.7 Å². The zero-order chi connectivity index (χ0) is 25.0. The maximum Gasteiger partial charge on any atom is 0.416 e. The second-order valence-electron chi connectivity index (χ2n) is 8.57. The summed E-state index contributed by atoms with van der Waals surface area (Å²) in [5.74, 6) is -0.911. The van der Waals surface area contributed by atoms with Gasteiger partial charge in [-0.05, 0) is 51.0 Å². The molecule has 10 heteroatoms. The zero-order valence-corrected chi connectivity index (χ0v) is 19.7. The van der Waals surface area contributed by atoms with Crippen molar-refractivity contribution in [2.45, 2.75) is 46.0 Å². The van der Waals surface area contributed by atoms with Crippen LogP contribution in [0, 0.1) is 13.8 Å². The summed E-state index contributed by atoms with van der Waals surface area (Å²) in [6.45, 7) is 9.22. The summed E-state index contributed by atoms with van der Waals surface area (Å²) >= 11 is 0. The molecule has 0 saturated carbocycles. The van der Waals surface area contributed by atoms with E-state index in [2.05, 4.69) is 15.2 Å². The molecule has 7 nitrogen and oxygen atoms in total. The molecule has 1 aromatic carbocycles. The first-order chi connectivity index (χ1) is 16.0. The number of alkyl halides is 3. The molecule has 1 saturated heterocycles. The van der Waals surface area contributed by atoms with Crippen molar-refractivity contribution in [1.29, 1.82) is 0 Å². The van der Waals surface area contributed by atoms with E-state index in [1.807, 2.05) is 0 Å². The number of amides is 1. The fraction of sp³-hybridized carbons (Fsp3) is 0.500. The number of rotatable bonds is 7. The van der Waals surface area contributed by atoms with Gasteiger partial charge in [-0.25, -0.2) is 4.79 Å². The minimum Gasteiger partial charge on any atom is -0.459 e. The molecule has 2 aromatic rings. The monoisotopic (exact) mass is 481 g/mol. The Balaban J connectivity index is 1.79. The number of nitrogens with one attached hydrogen (secondary N) is 2. The van der Waals surface area contributed by atoms with Gasteiger partial charge in [0.25, 0.3) is 5.91 Å². The highest BCUT2D eigenvalue weighted by atomic mass is 19.4. The molecule has 2 heterocycles. The Hall–Kier alpha value is -2.85. The topological polar surface area (TPSA) is 83.7 Å². The summed E-state index contributed by atoms with van der Waals surface area (Å²) < 4.78 is 49.7. The van der Waals surface area contributed by atoms with Gasteiger partial charge in [-0.3, -0.25) is 9.69 Å². The molecule has 0 spiro atoms. The third-order valence-corrected chi connectivity index (χ3v) is 5.78. The van der Waals surface area contributed by atoms with Gasteiger partial charge in [0, 0.05) is 25.3 Å². The van der Waals surface area contributed by atoms with Crippen LogP contribution >= 0.6 is 0 Å². The number of morpholine rings is 1. The SMILES string of the molecule is Cc1[nH]c(C(=O)NCC(c2ccc(C(F)(F)F)cc2)N2CCOCC2)c(C)c1C(=O)OC(C)C. The molecule has 0 radical (unpaired) electrons.